The van der Waals surface area contributed by atoms with E-state index in [9.17, 15) is 19.4 Å². The highest BCUT2D eigenvalue weighted by molar-refractivity contribution is 5.69. The number of hydrogen-bond donors (Lipinski definition) is 2. The summed E-state index contributed by atoms with van der Waals surface area (Å²) in [4.78, 5) is 56.8. The second-order valence-corrected chi connectivity index (χ2v) is 6.83. The zero-order valence-corrected chi connectivity index (χ0v) is 20.2. The van der Waals surface area contributed by atoms with E-state index in [1.807, 2.05) is 27.7 Å². The average molecular weight is 481 g/mol. The van der Waals surface area contributed by atoms with Crippen molar-refractivity contribution in [2.75, 3.05) is 39.8 Å². The third-order valence-corrected chi connectivity index (χ3v) is 4.58. The number of hydrogen-bond acceptors (Lipinski definition) is 8. The molecule has 192 valence electrons. The lowest BCUT2D eigenvalue weighted by Gasteiger charge is -2.09. The number of hydrazine groups is 4. The Bertz CT molecular complexity index is 524. The fourth-order valence-corrected chi connectivity index (χ4v) is 2.64. The Morgan fingerprint density at radius 3 is 1.30 bits per heavy atom. The molecule has 0 aliphatic rings. The third kappa shape index (κ3) is 15.7. The highest BCUT2D eigenvalue weighted by Crippen LogP contribution is 2.08. The largest absolute Gasteiger partial charge is 0.436 e. The van der Waals surface area contributed by atoms with Gasteiger partial charge in [0.15, 0.2) is 0 Å². The molecule has 0 aliphatic carbocycles. The van der Waals surface area contributed by atoms with Crippen LogP contribution in [0, 0.1) is 9.81 Å². The number of carbonyl (C=O) groups is 2. The number of unbranched alkanes of at least 4 members (excludes halogenated alkanes) is 4. The number of nitroso groups, excluding NO2 is 2. The second-order valence-electron chi connectivity index (χ2n) is 6.83. The fraction of sp³-hybridized carbons (Fsp3) is 0.895. The van der Waals surface area contributed by atoms with Crippen LogP contribution in [-0.4, -0.2) is 71.7 Å². The molecule has 0 aromatic rings. The van der Waals surface area contributed by atoms with Gasteiger partial charge in [-0.25, -0.2) is 0 Å². The van der Waals surface area contributed by atoms with Gasteiger partial charge in [-0.3, -0.25) is 9.59 Å². The lowest BCUT2D eigenvalue weighted by Crippen LogP contribution is -2.42. The van der Waals surface area contributed by atoms with Gasteiger partial charge in [-0.1, -0.05) is 19.3 Å². The number of esters is 2. The molecule has 14 heteroatoms. The Balaban J connectivity index is 3.57. The lowest BCUT2D eigenvalue weighted by atomic mass is 10.1. The van der Waals surface area contributed by atoms with Crippen molar-refractivity contribution in [3.63, 3.8) is 0 Å². The van der Waals surface area contributed by atoms with Gasteiger partial charge in [-0.2, -0.15) is 9.68 Å². The topological polar surface area (TPSA) is 142 Å². The number of ether oxygens (including phenoxy) is 2. The maximum atomic E-state index is 11.6. The molecule has 0 rings (SSSR count). The zero-order valence-electron chi connectivity index (χ0n) is 20.2. The standard InChI is InChI=1S/C19H40N6O8/c1-5-22(6-2)24(28)20-32-16-30-18(26)14-12-10-9-11-13-15-19(27)31-17-33-21-25(29)23(7-3)8-4/h5-17H2,1-4H3,(H,20,28)(H,21,29)/q+2. The minimum atomic E-state index is -0.410. The molecule has 0 aromatic carbocycles. The van der Waals surface area contributed by atoms with Gasteiger partial charge >= 0.3 is 11.9 Å². The van der Waals surface area contributed by atoms with Crippen LogP contribution >= 0.6 is 0 Å². The van der Waals surface area contributed by atoms with Crippen molar-refractivity contribution >= 4 is 11.9 Å². The van der Waals surface area contributed by atoms with Crippen LogP contribution in [0.1, 0.15) is 72.6 Å². The van der Waals surface area contributed by atoms with Crippen LogP contribution in [0.3, 0.4) is 0 Å². The summed E-state index contributed by atoms with van der Waals surface area (Å²) in [6.45, 7) is 8.66. The predicted octanol–water partition coefficient (Wildman–Crippen LogP) is 1.66. The van der Waals surface area contributed by atoms with E-state index in [0.717, 1.165) is 19.3 Å². The number of carbonyl (C=O) groups excluding carboxylic acids is 2. The van der Waals surface area contributed by atoms with Gasteiger partial charge in [0.2, 0.25) is 13.6 Å². The van der Waals surface area contributed by atoms with E-state index in [4.69, 9.17) is 19.1 Å². The Morgan fingerprint density at radius 2 is 0.970 bits per heavy atom. The highest BCUT2D eigenvalue weighted by atomic mass is 16.8. The molecule has 0 radical (unpaired) electrons. The molecule has 0 heterocycles. The normalized spacial score (nSPS) is 10.3. The van der Waals surface area contributed by atoms with E-state index in [2.05, 4.69) is 11.2 Å². The lowest BCUT2D eigenvalue weighted by molar-refractivity contribution is -0.789. The summed E-state index contributed by atoms with van der Waals surface area (Å²) >= 11 is 0. The van der Waals surface area contributed by atoms with E-state index in [1.54, 1.807) is 0 Å². The molecule has 2 N–H and O–H groups in total. The van der Waals surface area contributed by atoms with Gasteiger partial charge in [-0.15, -0.1) is 10.0 Å². The Kier molecular flexibility index (Phi) is 18.3. The summed E-state index contributed by atoms with van der Waals surface area (Å²) < 4.78 is 9.75. The smallest absolute Gasteiger partial charge is 0.307 e. The zero-order chi connectivity index (χ0) is 24.9. The minimum absolute atomic E-state index is 0.247. The van der Waals surface area contributed by atoms with Gasteiger partial charge < -0.3 is 9.47 Å². The summed E-state index contributed by atoms with van der Waals surface area (Å²) in [7, 11) is 0. The SMILES string of the molecule is CCN(CC)[N+](=O)NOCOC(=O)CCCCCCCC(=O)OCON[N+](=O)N(CC)CC. The molecule has 0 saturated heterocycles. The molecule has 0 bridgehead atoms. The number of rotatable bonds is 22. The first-order valence-electron chi connectivity index (χ1n) is 11.4. The maximum absolute atomic E-state index is 11.6. The Morgan fingerprint density at radius 1 is 0.636 bits per heavy atom. The first kappa shape index (κ1) is 30.3. The van der Waals surface area contributed by atoms with Crippen LogP contribution in [0.4, 0.5) is 0 Å². The minimum Gasteiger partial charge on any atom is -0.436 e. The Labute approximate surface area is 194 Å². The van der Waals surface area contributed by atoms with Gasteiger partial charge in [0, 0.05) is 24.0 Å². The van der Waals surface area contributed by atoms with Crippen LogP contribution in [0.25, 0.3) is 0 Å². The monoisotopic (exact) mass is 480 g/mol. The summed E-state index contributed by atoms with van der Waals surface area (Å²) in [6, 6.07) is 0. The van der Waals surface area contributed by atoms with Crippen molar-refractivity contribution in [2.24, 2.45) is 0 Å². The van der Waals surface area contributed by atoms with Gasteiger partial charge in [-0.05, 0) is 40.5 Å². The van der Waals surface area contributed by atoms with E-state index in [1.165, 1.54) is 10.0 Å². The van der Waals surface area contributed by atoms with Crippen molar-refractivity contribution in [3.8, 4) is 0 Å². The molecule has 0 amide bonds. The van der Waals surface area contributed by atoms with E-state index < -0.39 is 11.9 Å². The van der Waals surface area contributed by atoms with Gasteiger partial charge in [0.05, 0.1) is 36.0 Å². The van der Waals surface area contributed by atoms with Crippen molar-refractivity contribution in [2.45, 2.75) is 72.6 Å². The summed E-state index contributed by atoms with van der Waals surface area (Å²) in [5.41, 5.74) is 4.26. The molecule has 0 fully saturated rings. The fourth-order valence-electron chi connectivity index (χ4n) is 2.64. The Hall–Kier alpha value is -2.74. The van der Waals surface area contributed by atoms with Crippen molar-refractivity contribution in [1.29, 1.82) is 0 Å². The number of nitrogens with zero attached hydrogens (tertiary/aromatic N) is 4. The third-order valence-electron chi connectivity index (χ3n) is 4.58. The molecule has 0 atom stereocenters. The summed E-state index contributed by atoms with van der Waals surface area (Å²) in [5.74, 6) is -0.821. The van der Waals surface area contributed by atoms with Crippen molar-refractivity contribution in [3.05, 3.63) is 9.81 Å². The van der Waals surface area contributed by atoms with Crippen molar-refractivity contribution < 1.29 is 38.7 Å². The molecule has 0 spiro atoms. The first-order valence-corrected chi connectivity index (χ1v) is 11.4. The molecule has 33 heavy (non-hydrogen) atoms. The molecular formula is C19H40N6O8+2. The first-order chi connectivity index (χ1) is 15.9. The average Bonchev–Trinajstić information content (AvgIpc) is 2.80. The van der Waals surface area contributed by atoms with Gasteiger partial charge in [0.25, 0.3) is 9.96 Å². The van der Waals surface area contributed by atoms with Crippen LogP contribution in [0.5, 0.6) is 0 Å². The number of nitrogens with one attached hydrogen (secondary N) is 2. The highest BCUT2D eigenvalue weighted by Gasteiger charge is 2.17. The molecular weight excluding hydrogens is 440 g/mol. The molecule has 0 aliphatic heterocycles. The van der Waals surface area contributed by atoms with E-state index in [0.29, 0.717) is 49.0 Å². The molecule has 0 saturated carbocycles. The summed E-state index contributed by atoms with van der Waals surface area (Å²) in [6.07, 6.45) is 4.30. The van der Waals surface area contributed by atoms with Crippen LogP contribution in [-0.2, 0) is 28.7 Å². The summed E-state index contributed by atoms with van der Waals surface area (Å²) in [5, 5.41) is 2.89. The van der Waals surface area contributed by atoms with Crippen LogP contribution < -0.4 is 11.2 Å². The quantitative estimate of drug-likeness (QED) is 0.0765. The van der Waals surface area contributed by atoms with E-state index in [-0.39, 0.29) is 26.4 Å². The van der Waals surface area contributed by atoms with Gasteiger partial charge in [0.1, 0.15) is 0 Å². The van der Waals surface area contributed by atoms with E-state index >= 15 is 0 Å². The molecule has 0 aromatic heterocycles. The molecule has 0 unspecified atom stereocenters. The molecule has 14 nitrogen and oxygen atoms in total. The predicted molar refractivity (Wildman–Crippen MR) is 116 cm³/mol. The maximum Gasteiger partial charge on any atom is 0.307 e. The van der Waals surface area contributed by atoms with Crippen LogP contribution in [0.2, 0.25) is 0 Å². The van der Waals surface area contributed by atoms with Crippen molar-refractivity contribution in [1.82, 2.24) is 21.2 Å². The second kappa shape index (κ2) is 19.9. The van der Waals surface area contributed by atoms with Crippen LogP contribution in [0.15, 0.2) is 0 Å².